The smallest absolute Gasteiger partial charge is 0.245 e. The molecule has 0 spiro atoms. The van der Waals surface area contributed by atoms with Crippen LogP contribution in [0.5, 0.6) is 0 Å². The molecule has 1 amide bonds. The zero-order valence-corrected chi connectivity index (χ0v) is 12.0. The van der Waals surface area contributed by atoms with Gasteiger partial charge in [-0.25, -0.2) is 0 Å². The molecule has 1 aromatic carbocycles. The Morgan fingerprint density at radius 2 is 2.20 bits per heavy atom. The van der Waals surface area contributed by atoms with E-state index in [0.29, 0.717) is 26.3 Å². The van der Waals surface area contributed by atoms with Gasteiger partial charge in [0.05, 0.1) is 19.3 Å². The van der Waals surface area contributed by atoms with Crippen LogP contribution in [-0.2, 0) is 9.53 Å². The van der Waals surface area contributed by atoms with E-state index in [1.54, 1.807) is 6.92 Å². The third-order valence-electron chi connectivity index (χ3n) is 3.49. The van der Waals surface area contributed by atoms with Gasteiger partial charge in [-0.3, -0.25) is 4.79 Å². The van der Waals surface area contributed by atoms with E-state index in [2.05, 4.69) is 10.2 Å². The van der Waals surface area contributed by atoms with Gasteiger partial charge in [0.1, 0.15) is 6.04 Å². The standard InChI is InChI=1S/C15H22N2O3/c1-3-16-15(19)14-10-20-9-8-17(14)13-6-4-12(5-7-13)11(2)18/h4-7,11,14,18H,3,8-10H2,1-2H3,(H,16,19)/t11-,14?/m1/s1. The van der Waals surface area contributed by atoms with Crippen molar-refractivity contribution in [3.05, 3.63) is 29.8 Å². The second-order valence-electron chi connectivity index (χ2n) is 4.95. The van der Waals surface area contributed by atoms with Crippen LogP contribution in [0.3, 0.4) is 0 Å². The molecule has 2 N–H and O–H groups in total. The van der Waals surface area contributed by atoms with E-state index in [0.717, 1.165) is 11.3 Å². The first kappa shape index (κ1) is 14.8. The Bertz CT molecular complexity index is 445. The Labute approximate surface area is 119 Å². The molecule has 2 rings (SSSR count). The molecule has 0 radical (unpaired) electrons. The first-order valence-electron chi connectivity index (χ1n) is 7.03. The van der Waals surface area contributed by atoms with Gasteiger partial charge in [0.25, 0.3) is 0 Å². The zero-order valence-electron chi connectivity index (χ0n) is 12.0. The molecule has 0 aromatic heterocycles. The van der Waals surface area contributed by atoms with E-state index in [9.17, 15) is 9.90 Å². The van der Waals surface area contributed by atoms with Crippen molar-refractivity contribution >= 4 is 11.6 Å². The van der Waals surface area contributed by atoms with Gasteiger partial charge in [-0.05, 0) is 31.5 Å². The predicted molar refractivity (Wildman–Crippen MR) is 77.7 cm³/mol. The van der Waals surface area contributed by atoms with E-state index < -0.39 is 6.10 Å². The third kappa shape index (κ3) is 3.29. The summed E-state index contributed by atoms with van der Waals surface area (Å²) in [7, 11) is 0. The summed E-state index contributed by atoms with van der Waals surface area (Å²) in [6.07, 6.45) is -0.479. The minimum absolute atomic E-state index is 0.00759. The Hall–Kier alpha value is -1.59. The number of anilines is 1. The van der Waals surface area contributed by atoms with Gasteiger partial charge in [-0.15, -0.1) is 0 Å². The molecule has 0 bridgehead atoms. The SMILES string of the molecule is CCNC(=O)C1COCCN1c1ccc([C@@H](C)O)cc1. The first-order valence-corrected chi connectivity index (χ1v) is 7.03. The predicted octanol–water partition coefficient (Wildman–Crippen LogP) is 1.08. The summed E-state index contributed by atoms with van der Waals surface area (Å²) >= 11 is 0. The Morgan fingerprint density at radius 3 is 2.80 bits per heavy atom. The summed E-state index contributed by atoms with van der Waals surface area (Å²) in [6.45, 7) is 5.97. The van der Waals surface area contributed by atoms with Crippen molar-refractivity contribution in [2.24, 2.45) is 0 Å². The van der Waals surface area contributed by atoms with Crippen LogP contribution in [0.15, 0.2) is 24.3 Å². The van der Waals surface area contributed by atoms with Gasteiger partial charge >= 0.3 is 0 Å². The molecule has 1 aliphatic rings. The molecular formula is C15H22N2O3. The monoisotopic (exact) mass is 278 g/mol. The lowest BCUT2D eigenvalue weighted by molar-refractivity contribution is -0.124. The van der Waals surface area contributed by atoms with Crippen LogP contribution >= 0.6 is 0 Å². The van der Waals surface area contributed by atoms with Crippen molar-refractivity contribution in [3.8, 4) is 0 Å². The van der Waals surface area contributed by atoms with Crippen molar-refractivity contribution in [1.82, 2.24) is 5.32 Å². The number of amides is 1. The molecule has 5 heteroatoms. The highest BCUT2D eigenvalue weighted by Crippen LogP contribution is 2.22. The highest BCUT2D eigenvalue weighted by molar-refractivity contribution is 5.85. The summed E-state index contributed by atoms with van der Waals surface area (Å²) in [4.78, 5) is 14.1. The van der Waals surface area contributed by atoms with Crippen LogP contribution in [0.2, 0.25) is 0 Å². The van der Waals surface area contributed by atoms with Crippen LogP contribution in [0, 0.1) is 0 Å². The van der Waals surface area contributed by atoms with E-state index in [1.165, 1.54) is 0 Å². The molecular weight excluding hydrogens is 256 g/mol. The van der Waals surface area contributed by atoms with Crippen molar-refractivity contribution < 1.29 is 14.6 Å². The average molecular weight is 278 g/mol. The second kappa shape index (κ2) is 6.72. The number of rotatable bonds is 4. The number of nitrogens with one attached hydrogen (secondary N) is 1. The van der Waals surface area contributed by atoms with Crippen LogP contribution in [-0.4, -0.2) is 43.4 Å². The topological polar surface area (TPSA) is 61.8 Å². The molecule has 0 aliphatic carbocycles. The molecule has 1 unspecified atom stereocenters. The van der Waals surface area contributed by atoms with Crippen molar-refractivity contribution in [2.45, 2.75) is 26.0 Å². The fourth-order valence-electron chi connectivity index (χ4n) is 2.37. The van der Waals surface area contributed by atoms with Crippen LogP contribution in [0.4, 0.5) is 5.69 Å². The minimum atomic E-state index is -0.479. The van der Waals surface area contributed by atoms with Crippen molar-refractivity contribution in [1.29, 1.82) is 0 Å². The number of hydrogen-bond acceptors (Lipinski definition) is 4. The fraction of sp³-hybridized carbons (Fsp3) is 0.533. The molecule has 5 nitrogen and oxygen atoms in total. The molecule has 0 saturated carbocycles. The van der Waals surface area contributed by atoms with E-state index >= 15 is 0 Å². The fourth-order valence-corrected chi connectivity index (χ4v) is 2.37. The molecule has 1 fully saturated rings. The molecule has 2 atom stereocenters. The number of ether oxygens (including phenoxy) is 1. The summed E-state index contributed by atoms with van der Waals surface area (Å²) in [5.74, 6) is -0.00759. The summed E-state index contributed by atoms with van der Waals surface area (Å²) in [5, 5.41) is 12.4. The summed E-state index contributed by atoms with van der Waals surface area (Å²) < 4.78 is 5.42. The molecule has 1 aliphatic heterocycles. The number of hydrogen-bond donors (Lipinski definition) is 2. The van der Waals surface area contributed by atoms with Crippen LogP contribution < -0.4 is 10.2 Å². The molecule has 1 heterocycles. The van der Waals surface area contributed by atoms with Gasteiger partial charge < -0.3 is 20.1 Å². The molecule has 110 valence electrons. The number of nitrogens with zero attached hydrogens (tertiary/aromatic N) is 1. The normalized spacial score (nSPS) is 20.6. The third-order valence-corrected chi connectivity index (χ3v) is 3.49. The average Bonchev–Trinajstić information content (AvgIpc) is 2.47. The lowest BCUT2D eigenvalue weighted by Crippen LogP contribution is -2.54. The van der Waals surface area contributed by atoms with Gasteiger partial charge in [-0.1, -0.05) is 12.1 Å². The quantitative estimate of drug-likeness (QED) is 0.865. The van der Waals surface area contributed by atoms with E-state index in [-0.39, 0.29) is 11.9 Å². The van der Waals surface area contributed by atoms with Gasteiger partial charge in [0.15, 0.2) is 0 Å². The summed E-state index contributed by atoms with van der Waals surface area (Å²) in [6, 6.07) is 7.38. The lowest BCUT2D eigenvalue weighted by atomic mass is 10.1. The highest BCUT2D eigenvalue weighted by atomic mass is 16.5. The number of aliphatic hydroxyl groups excluding tert-OH is 1. The van der Waals surface area contributed by atoms with Crippen LogP contribution in [0.25, 0.3) is 0 Å². The second-order valence-corrected chi connectivity index (χ2v) is 4.95. The number of benzene rings is 1. The van der Waals surface area contributed by atoms with Crippen molar-refractivity contribution in [2.75, 3.05) is 31.2 Å². The van der Waals surface area contributed by atoms with Crippen molar-refractivity contribution in [3.63, 3.8) is 0 Å². The summed E-state index contributed by atoms with van der Waals surface area (Å²) in [5.41, 5.74) is 1.85. The van der Waals surface area contributed by atoms with Gasteiger partial charge in [0.2, 0.25) is 5.91 Å². The Morgan fingerprint density at radius 1 is 1.50 bits per heavy atom. The number of likely N-dealkylation sites (N-methyl/N-ethyl adjacent to an activating group) is 1. The number of carbonyl (C=O) groups is 1. The Kier molecular flexibility index (Phi) is 4.98. The number of carbonyl (C=O) groups excluding carboxylic acids is 1. The van der Waals surface area contributed by atoms with E-state index in [1.807, 2.05) is 31.2 Å². The maximum atomic E-state index is 12.1. The highest BCUT2D eigenvalue weighted by Gasteiger charge is 2.29. The maximum Gasteiger partial charge on any atom is 0.245 e. The lowest BCUT2D eigenvalue weighted by Gasteiger charge is -2.36. The van der Waals surface area contributed by atoms with Gasteiger partial charge in [-0.2, -0.15) is 0 Å². The van der Waals surface area contributed by atoms with E-state index in [4.69, 9.17) is 4.74 Å². The molecule has 1 saturated heterocycles. The molecule has 20 heavy (non-hydrogen) atoms. The Balaban J connectivity index is 2.16. The minimum Gasteiger partial charge on any atom is -0.389 e. The van der Waals surface area contributed by atoms with Gasteiger partial charge in [0, 0.05) is 18.8 Å². The zero-order chi connectivity index (χ0) is 14.5. The number of aliphatic hydroxyl groups is 1. The maximum absolute atomic E-state index is 12.1. The van der Waals surface area contributed by atoms with Crippen LogP contribution in [0.1, 0.15) is 25.5 Å². The first-order chi connectivity index (χ1) is 9.63. The largest absolute Gasteiger partial charge is 0.389 e. The number of morpholine rings is 1. The molecule has 1 aromatic rings.